The van der Waals surface area contributed by atoms with E-state index in [9.17, 15) is 42.6 Å². The SMILES string of the molecule is COc1cccc(C2C3=CCC4C(=O)N(c5cccc(C(=O)O)c5)C(=O)C4C3CC3C(=O)N(Nc4ncc(C(F)(F)F)cc4Cl)C(=O)C32c2ccc(Cl)cc2)c1O. The second kappa shape index (κ2) is 13.6. The minimum absolute atomic E-state index is 0.0218. The van der Waals surface area contributed by atoms with Gasteiger partial charge in [0.2, 0.25) is 11.8 Å². The summed E-state index contributed by atoms with van der Waals surface area (Å²) >= 11 is 12.6. The van der Waals surface area contributed by atoms with Gasteiger partial charge in [-0.15, -0.1) is 0 Å². The van der Waals surface area contributed by atoms with Gasteiger partial charge in [0.05, 0.1) is 52.1 Å². The molecule has 292 valence electrons. The van der Waals surface area contributed by atoms with Crippen molar-refractivity contribution >= 4 is 64.3 Å². The van der Waals surface area contributed by atoms with E-state index in [0.29, 0.717) is 33.4 Å². The molecule has 3 fully saturated rings. The fourth-order valence-electron chi connectivity index (χ4n) is 9.10. The summed E-state index contributed by atoms with van der Waals surface area (Å²) in [7, 11) is 1.33. The lowest BCUT2D eigenvalue weighted by molar-refractivity contribution is -0.139. The normalized spacial score (nSPS) is 25.5. The maximum Gasteiger partial charge on any atom is 0.417 e. The number of methoxy groups -OCH3 is 1. The Kier molecular flexibility index (Phi) is 9.08. The van der Waals surface area contributed by atoms with Gasteiger partial charge in [0.1, 0.15) is 0 Å². The number of benzene rings is 3. The highest BCUT2D eigenvalue weighted by molar-refractivity contribution is 6.33. The van der Waals surface area contributed by atoms with Crippen molar-refractivity contribution in [1.29, 1.82) is 0 Å². The first-order chi connectivity index (χ1) is 27.1. The van der Waals surface area contributed by atoms with Crippen LogP contribution in [0.5, 0.6) is 11.5 Å². The van der Waals surface area contributed by atoms with E-state index in [1.807, 2.05) is 0 Å². The third-order valence-corrected chi connectivity index (χ3v) is 12.0. The number of nitrogens with zero attached hydrogens (tertiary/aromatic N) is 3. The molecule has 4 aromatic rings. The summed E-state index contributed by atoms with van der Waals surface area (Å²) in [5.74, 6) is -10.3. The van der Waals surface area contributed by atoms with Crippen molar-refractivity contribution in [2.45, 2.75) is 30.4 Å². The van der Waals surface area contributed by atoms with Crippen LogP contribution in [0.4, 0.5) is 24.7 Å². The lowest BCUT2D eigenvalue weighted by Gasteiger charge is -2.50. The molecule has 0 radical (unpaired) electrons. The molecule has 12 nitrogen and oxygen atoms in total. The van der Waals surface area contributed by atoms with Gasteiger partial charge in [0, 0.05) is 22.7 Å². The molecule has 6 unspecified atom stereocenters. The molecule has 0 spiro atoms. The Morgan fingerprint density at radius 2 is 1.68 bits per heavy atom. The predicted molar refractivity (Wildman–Crippen MR) is 197 cm³/mol. The summed E-state index contributed by atoms with van der Waals surface area (Å²) < 4.78 is 45.9. The summed E-state index contributed by atoms with van der Waals surface area (Å²) in [4.78, 5) is 75.3. The minimum Gasteiger partial charge on any atom is -0.504 e. The van der Waals surface area contributed by atoms with Crippen molar-refractivity contribution in [2.24, 2.45) is 23.7 Å². The number of phenolic OH excluding ortho intramolecular Hbond substituents is 1. The average molecular weight is 822 g/mol. The molecule has 6 atom stereocenters. The molecule has 0 bridgehead atoms. The number of fused-ring (bicyclic) bond motifs is 4. The smallest absolute Gasteiger partial charge is 0.417 e. The van der Waals surface area contributed by atoms with Crippen LogP contribution in [0.1, 0.15) is 45.8 Å². The van der Waals surface area contributed by atoms with Gasteiger partial charge in [-0.25, -0.2) is 9.78 Å². The van der Waals surface area contributed by atoms with Crippen molar-refractivity contribution in [2.75, 3.05) is 17.4 Å². The quantitative estimate of drug-likeness (QED) is 0.130. The number of phenols is 1. The molecule has 3 heterocycles. The number of aromatic hydroxyl groups is 1. The molecule has 3 N–H and O–H groups in total. The van der Waals surface area contributed by atoms with Crippen LogP contribution in [0.2, 0.25) is 10.0 Å². The molecule has 1 aromatic heterocycles. The molecule has 4 amide bonds. The topological polar surface area (TPSA) is 166 Å². The number of nitrogens with one attached hydrogen (secondary N) is 1. The molecule has 1 saturated carbocycles. The number of hydrogen-bond donors (Lipinski definition) is 3. The predicted octanol–water partition coefficient (Wildman–Crippen LogP) is 7.01. The zero-order valence-electron chi connectivity index (χ0n) is 29.5. The molecular formula is C40H29Cl2F3N4O8. The van der Waals surface area contributed by atoms with Gasteiger partial charge in [-0.3, -0.25) is 29.5 Å². The van der Waals surface area contributed by atoms with Gasteiger partial charge < -0.3 is 14.9 Å². The number of halogens is 5. The minimum atomic E-state index is -4.79. The monoisotopic (exact) mass is 820 g/mol. The zero-order chi connectivity index (χ0) is 40.7. The number of carbonyl (C=O) groups excluding carboxylic acids is 4. The fraction of sp³-hybridized carbons (Fsp3) is 0.250. The first kappa shape index (κ1) is 38.0. The number of rotatable bonds is 7. The molecule has 4 aliphatic rings. The van der Waals surface area contributed by atoms with Crippen LogP contribution < -0.4 is 15.1 Å². The number of carboxylic acid groups (broad SMARTS) is 1. The number of hydrazine groups is 1. The van der Waals surface area contributed by atoms with Crippen molar-refractivity contribution in [1.82, 2.24) is 9.99 Å². The number of aromatic carboxylic acids is 1. The molecule has 2 saturated heterocycles. The number of aromatic nitrogens is 1. The maximum atomic E-state index is 15.3. The van der Waals surface area contributed by atoms with E-state index < -0.39 is 87.2 Å². The zero-order valence-corrected chi connectivity index (χ0v) is 31.0. The highest BCUT2D eigenvalue weighted by Gasteiger charge is 2.71. The number of ether oxygens (including phenoxy) is 1. The van der Waals surface area contributed by atoms with Crippen LogP contribution in [-0.4, -0.2) is 56.9 Å². The highest BCUT2D eigenvalue weighted by atomic mass is 35.5. The second-order valence-electron chi connectivity index (χ2n) is 14.2. The maximum absolute atomic E-state index is 15.3. The third kappa shape index (κ3) is 5.73. The number of para-hydroxylation sites is 1. The van der Waals surface area contributed by atoms with Crippen LogP contribution in [0.3, 0.4) is 0 Å². The van der Waals surface area contributed by atoms with E-state index in [1.165, 1.54) is 49.6 Å². The fourth-order valence-corrected chi connectivity index (χ4v) is 9.43. The van der Waals surface area contributed by atoms with E-state index in [1.54, 1.807) is 30.3 Å². The number of allylic oxidation sites excluding steroid dienone is 2. The number of amides is 4. The van der Waals surface area contributed by atoms with Gasteiger partial charge >= 0.3 is 12.1 Å². The van der Waals surface area contributed by atoms with Gasteiger partial charge in [-0.1, -0.05) is 65.2 Å². The first-order valence-corrected chi connectivity index (χ1v) is 18.3. The lowest BCUT2D eigenvalue weighted by Crippen LogP contribution is -2.53. The Morgan fingerprint density at radius 1 is 0.965 bits per heavy atom. The van der Waals surface area contributed by atoms with E-state index in [2.05, 4.69) is 10.4 Å². The molecule has 57 heavy (non-hydrogen) atoms. The molecule has 3 aromatic carbocycles. The van der Waals surface area contributed by atoms with Gasteiger partial charge in [-0.05, 0) is 66.8 Å². The Labute approximate surface area is 331 Å². The van der Waals surface area contributed by atoms with E-state index in [-0.39, 0.29) is 41.2 Å². The summed E-state index contributed by atoms with van der Waals surface area (Å²) in [6, 6.07) is 16.8. The van der Waals surface area contributed by atoms with E-state index in [0.717, 1.165) is 4.90 Å². The number of carboxylic acids is 1. The van der Waals surface area contributed by atoms with Crippen molar-refractivity contribution in [3.63, 3.8) is 0 Å². The Morgan fingerprint density at radius 3 is 2.35 bits per heavy atom. The summed E-state index contributed by atoms with van der Waals surface area (Å²) in [5.41, 5.74) is 0.324. The first-order valence-electron chi connectivity index (χ1n) is 17.5. The molecule has 2 aliphatic carbocycles. The molecular weight excluding hydrogens is 792 g/mol. The number of carbonyl (C=O) groups is 5. The van der Waals surface area contributed by atoms with Crippen LogP contribution in [0.15, 0.2) is 90.6 Å². The van der Waals surface area contributed by atoms with Crippen LogP contribution >= 0.6 is 23.2 Å². The van der Waals surface area contributed by atoms with Crippen LogP contribution in [-0.2, 0) is 30.8 Å². The van der Waals surface area contributed by atoms with Gasteiger partial charge in [-0.2, -0.15) is 18.2 Å². The highest BCUT2D eigenvalue weighted by Crippen LogP contribution is 2.65. The largest absolute Gasteiger partial charge is 0.504 e. The summed E-state index contributed by atoms with van der Waals surface area (Å²) in [6.07, 6.45) is -2.69. The molecule has 2 aliphatic heterocycles. The van der Waals surface area contributed by atoms with Crippen LogP contribution in [0, 0.1) is 23.7 Å². The molecule has 17 heteroatoms. The Hall–Kier alpha value is -5.93. The number of hydrogen-bond acceptors (Lipinski definition) is 9. The third-order valence-electron chi connectivity index (χ3n) is 11.5. The number of pyridine rings is 1. The van der Waals surface area contributed by atoms with E-state index >= 15 is 4.79 Å². The molecule has 8 rings (SSSR count). The van der Waals surface area contributed by atoms with Gasteiger partial charge in [0.15, 0.2) is 17.3 Å². The second-order valence-corrected chi connectivity index (χ2v) is 15.0. The number of imide groups is 2. The van der Waals surface area contributed by atoms with Crippen LogP contribution in [0.25, 0.3) is 0 Å². The van der Waals surface area contributed by atoms with Crippen molar-refractivity contribution < 1.29 is 52.1 Å². The standard InChI is InChI=1S/C40H29Cl2F3N4O8/c1-57-29-7-3-6-25(32(29)50)31-23-12-13-24-30(36(53)48(34(24)51)22-5-2-4-18(14-22)37(54)55)26(23)16-27-35(52)49(38(56)39(27,31)19-8-10-21(41)11-9-19)47-33-28(42)15-20(17-46-33)40(43,44)45/h2-12,14-15,17,24,26-27,30-31,50H,13,16H2,1H3,(H,46,47)(H,54,55). The Bertz CT molecular complexity index is 2440. The summed E-state index contributed by atoms with van der Waals surface area (Å²) in [6.45, 7) is 0. The van der Waals surface area contributed by atoms with Gasteiger partial charge in [0.25, 0.3) is 11.8 Å². The Balaban J connectivity index is 1.32. The lowest BCUT2D eigenvalue weighted by atomic mass is 9.49. The number of alkyl halides is 3. The average Bonchev–Trinajstić information content (AvgIpc) is 3.56. The number of anilines is 2. The van der Waals surface area contributed by atoms with Crippen molar-refractivity contribution in [3.8, 4) is 11.5 Å². The summed E-state index contributed by atoms with van der Waals surface area (Å²) in [5, 5.41) is 21.8. The van der Waals surface area contributed by atoms with E-state index in [4.69, 9.17) is 27.9 Å². The van der Waals surface area contributed by atoms with Crippen molar-refractivity contribution in [3.05, 3.63) is 123 Å².